The zero-order valence-electron chi connectivity index (χ0n) is 7.77. The van der Waals surface area contributed by atoms with E-state index in [0.29, 0.717) is 5.41 Å². The highest BCUT2D eigenvalue weighted by atomic mass is 35.5. The summed E-state index contributed by atoms with van der Waals surface area (Å²) in [6.07, 6.45) is 2.54. The lowest BCUT2D eigenvalue weighted by atomic mass is 9.78. The molecule has 1 atom stereocenters. The fraction of sp³-hybridized carbons (Fsp3) is 0.600. The van der Waals surface area contributed by atoms with E-state index in [9.17, 15) is 0 Å². The monoisotopic (exact) mass is 215 g/mol. The van der Waals surface area contributed by atoms with Gasteiger partial charge in [0.2, 0.25) is 0 Å². The van der Waals surface area contributed by atoms with Crippen molar-refractivity contribution in [2.75, 3.05) is 13.1 Å². The van der Waals surface area contributed by atoms with Crippen LogP contribution in [0.5, 0.6) is 0 Å². The molecule has 1 aromatic rings. The first-order chi connectivity index (χ1) is 6.21. The summed E-state index contributed by atoms with van der Waals surface area (Å²) in [4.78, 5) is 0. The van der Waals surface area contributed by atoms with Crippen LogP contribution < -0.4 is 5.32 Å². The van der Waals surface area contributed by atoms with Crippen LogP contribution in [0.15, 0.2) is 11.4 Å². The Balaban J connectivity index is 2.22. The molecular formula is C10H14ClNS. The molecule has 1 nitrogen and oxygen atoms in total. The van der Waals surface area contributed by atoms with Crippen LogP contribution >= 0.6 is 22.9 Å². The Morgan fingerprint density at radius 1 is 1.62 bits per heavy atom. The van der Waals surface area contributed by atoms with E-state index in [0.717, 1.165) is 17.4 Å². The van der Waals surface area contributed by atoms with E-state index in [1.165, 1.54) is 18.4 Å². The highest BCUT2D eigenvalue weighted by molar-refractivity contribution is 7.14. The highest BCUT2D eigenvalue weighted by Gasteiger charge is 2.29. The van der Waals surface area contributed by atoms with Gasteiger partial charge in [-0.05, 0) is 36.4 Å². The van der Waals surface area contributed by atoms with Gasteiger partial charge >= 0.3 is 0 Å². The Labute approximate surface area is 88.1 Å². The van der Waals surface area contributed by atoms with E-state index in [-0.39, 0.29) is 0 Å². The van der Waals surface area contributed by atoms with E-state index in [1.54, 1.807) is 11.3 Å². The standard InChI is InChI=1S/C10H14ClNS/c1-10(3-2-4-12-7-10)8-5-9(11)13-6-8/h5-6,12H,2-4,7H2,1H3. The fourth-order valence-corrected chi connectivity index (χ4v) is 2.97. The van der Waals surface area contributed by atoms with Gasteiger partial charge in [-0.3, -0.25) is 0 Å². The number of thiophene rings is 1. The maximum absolute atomic E-state index is 5.94. The number of piperidine rings is 1. The first kappa shape index (κ1) is 9.50. The summed E-state index contributed by atoms with van der Waals surface area (Å²) in [5, 5.41) is 5.63. The molecule has 0 bridgehead atoms. The molecule has 1 aliphatic rings. The van der Waals surface area contributed by atoms with Gasteiger partial charge in [-0.15, -0.1) is 11.3 Å². The Kier molecular flexibility index (Phi) is 2.63. The second kappa shape index (κ2) is 3.60. The molecule has 13 heavy (non-hydrogen) atoms. The molecule has 1 saturated heterocycles. The van der Waals surface area contributed by atoms with Crippen LogP contribution in [-0.2, 0) is 5.41 Å². The summed E-state index contributed by atoms with van der Waals surface area (Å²) in [5.41, 5.74) is 1.71. The minimum absolute atomic E-state index is 0.307. The van der Waals surface area contributed by atoms with Gasteiger partial charge in [0.15, 0.2) is 0 Å². The maximum Gasteiger partial charge on any atom is 0.0931 e. The van der Waals surface area contributed by atoms with E-state index in [4.69, 9.17) is 11.6 Å². The summed E-state index contributed by atoms with van der Waals surface area (Å²) in [5.74, 6) is 0. The van der Waals surface area contributed by atoms with Crippen molar-refractivity contribution >= 4 is 22.9 Å². The van der Waals surface area contributed by atoms with E-state index in [1.807, 2.05) is 0 Å². The van der Waals surface area contributed by atoms with Crippen molar-refractivity contribution in [2.24, 2.45) is 0 Å². The fourth-order valence-electron chi connectivity index (χ4n) is 1.93. The summed E-state index contributed by atoms with van der Waals surface area (Å²) in [6, 6.07) is 2.11. The molecule has 0 aliphatic carbocycles. The summed E-state index contributed by atoms with van der Waals surface area (Å²) >= 11 is 7.57. The van der Waals surface area contributed by atoms with Gasteiger partial charge < -0.3 is 5.32 Å². The number of hydrogen-bond acceptors (Lipinski definition) is 2. The molecule has 1 aromatic heterocycles. The van der Waals surface area contributed by atoms with Crippen LogP contribution in [0.25, 0.3) is 0 Å². The van der Waals surface area contributed by atoms with Crippen molar-refractivity contribution in [3.8, 4) is 0 Å². The second-order valence-corrected chi connectivity index (χ2v) is 5.52. The first-order valence-corrected chi connectivity index (χ1v) is 5.92. The molecule has 1 aliphatic heterocycles. The van der Waals surface area contributed by atoms with Gasteiger partial charge in [0.05, 0.1) is 4.34 Å². The quantitative estimate of drug-likeness (QED) is 0.760. The largest absolute Gasteiger partial charge is 0.316 e. The van der Waals surface area contributed by atoms with Crippen molar-refractivity contribution < 1.29 is 0 Å². The molecule has 3 heteroatoms. The molecule has 72 valence electrons. The molecule has 0 radical (unpaired) electrons. The van der Waals surface area contributed by atoms with Crippen molar-refractivity contribution in [1.29, 1.82) is 0 Å². The molecule has 0 saturated carbocycles. The summed E-state index contributed by atoms with van der Waals surface area (Å²) in [7, 11) is 0. The lowest BCUT2D eigenvalue weighted by Crippen LogP contribution is -2.40. The maximum atomic E-state index is 5.94. The van der Waals surface area contributed by atoms with Gasteiger partial charge in [-0.2, -0.15) is 0 Å². The third kappa shape index (κ3) is 1.90. The normalized spacial score (nSPS) is 29.1. The predicted octanol–water partition coefficient (Wildman–Crippen LogP) is 3.04. The van der Waals surface area contributed by atoms with Gasteiger partial charge in [0, 0.05) is 12.0 Å². The third-order valence-electron chi connectivity index (χ3n) is 2.86. The third-order valence-corrected chi connectivity index (χ3v) is 3.95. The van der Waals surface area contributed by atoms with E-state index in [2.05, 4.69) is 23.7 Å². The van der Waals surface area contributed by atoms with Gasteiger partial charge in [0.1, 0.15) is 0 Å². The second-order valence-electron chi connectivity index (χ2n) is 3.98. The summed E-state index contributed by atoms with van der Waals surface area (Å²) in [6.45, 7) is 4.56. The lowest BCUT2D eigenvalue weighted by molar-refractivity contribution is 0.340. The van der Waals surface area contributed by atoms with Crippen LogP contribution in [0.3, 0.4) is 0 Å². The smallest absolute Gasteiger partial charge is 0.0931 e. The first-order valence-electron chi connectivity index (χ1n) is 4.66. The van der Waals surface area contributed by atoms with Crippen LogP contribution in [0.1, 0.15) is 25.3 Å². The molecule has 0 aromatic carbocycles. The lowest BCUT2D eigenvalue weighted by Gasteiger charge is -2.33. The molecule has 1 unspecified atom stereocenters. The molecule has 1 N–H and O–H groups in total. The topological polar surface area (TPSA) is 12.0 Å². The van der Waals surface area contributed by atoms with Gasteiger partial charge in [-0.1, -0.05) is 18.5 Å². The van der Waals surface area contributed by atoms with Gasteiger partial charge in [0.25, 0.3) is 0 Å². The van der Waals surface area contributed by atoms with Crippen LogP contribution in [0, 0.1) is 0 Å². The zero-order chi connectivity index (χ0) is 9.31. The van der Waals surface area contributed by atoms with E-state index >= 15 is 0 Å². The number of halogens is 1. The van der Waals surface area contributed by atoms with Crippen LogP contribution in [-0.4, -0.2) is 13.1 Å². The molecule has 2 heterocycles. The zero-order valence-corrected chi connectivity index (χ0v) is 9.34. The van der Waals surface area contributed by atoms with Crippen molar-refractivity contribution in [2.45, 2.75) is 25.2 Å². The van der Waals surface area contributed by atoms with E-state index < -0.39 is 0 Å². The number of nitrogens with one attached hydrogen (secondary N) is 1. The van der Waals surface area contributed by atoms with Crippen molar-refractivity contribution in [1.82, 2.24) is 5.32 Å². The summed E-state index contributed by atoms with van der Waals surface area (Å²) < 4.78 is 0.904. The minimum Gasteiger partial charge on any atom is -0.316 e. The van der Waals surface area contributed by atoms with Crippen molar-refractivity contribution in [3.05, 3.63) is 21.3 Å². The number of hydrogen-bond donors (Lipinski definition) is 1. The van der Waals surface area contributed by atoms with Crippen LogP contribution in [0.4, 0.5) is 0 Å². The molecule has 0 amide bonds. The predicted molar refractivity (Wildman–Crippen MR) is 58.8 cm³/mol. The number of rotatable bonds is 1. The highest BCUT2D eigenvalue weighted by Crippen LogP contribution is 2.34. The molecule has 0 spiro atoms. The molecule has 1 fully saturated rings. The average molecular weight is 216 g/mol. The average Bonchev–Trinajstić information content (AvgIpc) is 2.54. The Morgan fingerprint density at radius 3 is 3.00 bits per heavy atom. The minimum atomic E-state index is 0.307. The van der Waals surface area contributed by atoms with Crippen LogP contribution in [0.2, 0.25) is 4.34 Å². The molecule has 2 rings (SSSR count). The Bertz CT molecular complexity index is 289. The Hall–Kier alpha value is -0.0500. The molecular weight excluding hydrogens is 202 g/mol. The van der Waals surface area contributed by atoms with Gasteiger partial charge in [-0.25, -0.2) is 0 Å². The SMILES string of the molecule is CC1(c2csc(Cl)c2)CCCNC1. The Morgan fingerprint density at radius 2 is 2.46 bits per heavy atom. The van der Waals surface area contributed by atoms with Crippen molar-refractivity contribution in [3.63, 3.8) is 0 Å².